The van der Waals surface area contributed by atoms with Gasteiger partial charge in [0.15, 0.2) is 6.10 Å². The van der Waals surface area contributed by atoms with Gasteiger partial charge in [-0.2, -0.15) is 0 Å². The number of benzene rings is 1. The van der Waals surface area contributed by atoms with Gasteiger partial charge in [-0.05, 0) is 44.3 Å². The topological polar surface area (TPSA) is 42.0 Å². The van der Waals surface area contributed by atoms with Crippen LogP contribution in [0, 0.1) is 0 Å². The largest absolute Gasteiger partial charge is 0.467 e. The van der Waals surface area contributed by atoms with Crippen molar-refractivity contribution in [3.63, 3.8) is 0 Å². The molecule has 0 amide bonds. The van der Waals surface area contributed by atoms with Crippen LogP contribution in [-0.2, 0) is 25.9 Å². The highest BCUT2D eigenvalue weighted by Crippen LogP contribution is 2.64. The quantitative estimate of drug-likeness (QED) is 0.600. The molecule has 1 aromatic rings. The molecule has 3 atom stereocenters. The molecule has 1 heterocycles. The number of carbonyl (C=O) groups excluding carboxylic acids is 1. The first kappa shape index (κ1) is 18.0. The molecule has 0 spiro atoms. The molecule has 7 heteroatoms. The van der Waals surface area contributed by atoms with E-state index in [4.69, 9.17) is 21.1 Å². The van der Waals surface area contributed by atoms with E-state index in [0.717, 1.165) is 18.4 Å². The van der Waals surface area contributed by atoms with E-state index in [0.29, 0.717) is 12.1 Å². The summed E-state index contributed by atoms with van der Waals surface area (Å²) < 4.78 is 15.8. The molecule has 3 rings (SSSR count). The van der Waals surface area contributed by atoms with E-state index in [-0.39, 0.29) is 0 Å². The second-order valence-corrected chi connectivity index (χ2v) is 10.4. The Morgan fingerprint density at radius 1 is 1.17 bits per heavy atom. The van der Waals surface area contributed by atoms with Crippen molar-refractivity contribution in [1.29, 1.82) is 0 Å². The number of likely N-dealkylation sites (N-methyl/N-ethyl adjacent to an activating group) is 2. The number of nitrogens with zero attached hydrogens (tertiary/aromatic N) is 2. The molecule has 0 aromatic heterocycles. The normalized spacial score (nSPS) is 28.3. The summed E-state index contributed by atoms with van der Waals surface area (Å²) in [6, 6.07) is 10.3. The molecule has 1 aliphatic carbocycles. The number of methoxy groups -OCH3 is 1. The fraction of sp³-hybridized carbons (Fsp3) is 0.588. The molecule has 1 saturated carbocycles. The first-order valence-corrected chi connectivity index (χ1v) is 11.0. The van der Waals surface area contributed by atoms with Crippen molar-refractivity contribution in [3.05, 3.63) is 35.9 Å². The van der Waals surface area contributed by atoms with Gasteiger partial charge in [0.25, 0.3) is 0 Å². The maximum atomic E-state index is 12.4. The Balaban J connectivity index is 1.91. The number of rotatable bonds is 4. The third-order valence-electron chi connectivity index (χ3n) is 5.21. The zero-order valence-electron chi connectivity index (χ0n) is 14.4. The van der Waals surface area contributed by atoms with Gasteiger partial charge in [0.2, 0.25) is 6.57 Å². The van der Waals surface area contributed by atoms with E-state index in [9.17, 15) is 4.79 Å². The van der Waals surface area contributed by atoms with Crippen molar-refractivity contribution in [2.75, 3.05) is 21.2 Å². The van der Waals surface area contributed by atoms with Crippen LogP contribution < -0.4 is 0 Å². The van der Waals surface area contributed by atoms with Crippen LogP contribution in [0.4, 0.5) is 0 Å². The average molecular weight is 368 g/mol. The highest BCUT2D eigenvalue weighted by molar-refractivity contribution is 8.10. The van der Waals surface area contributed by atoms with Crippen LogP contribution in [0.3, 0.4) is 0 Å². The van der Waals surface area contributed by atoms with Gasteiger partial charge in [0.1, 0.15) is 0 Å². The average Bonchev–Trinajstić information content (AvgIpc) is 2.82. The van der Waals surface area contributed by atoms with E-state index < -0.39 is 18.6 Å². The number of fused-ring (bicyclic) bond motifs is 1. The standard InChI is InChI=1S/C17H25N2O3PS/c1-18-14-11-7-8-12-15(14)19(2)23(18,24)22-16(17(20)21-3)13-9-5-4-6-10-13/h4-6,9-10,14-16H,7-8,11-12H2,1-3H3/t14-,15-,16-/m1/s1. The van der Waals surface area contributed by atoms with Crippen LogP contribution in [0.5, 0.6) is 0 Å². The van der Waals surface area contributed by atoms with Crippen molar-refractivity contribution in [2.24, 2.45) is 0 Å². The number of carbonyl (C=O) groups is 1. The van der Waals surface area contributed by atoms with E-state index in [1.807, 2.05) is 44.4 Å². The molecule has 0 N–H and O–H groups in total. The third kappa shape index (κ3) is 3.06. The van der Waals surface area contributed by atoms with Crippen molar-refractivity contribution >= 4 is 24.3 Å². The predicted molar refractivity (Wildman–Crippen MR) is 98.1 cm³/mol. The van der Waals surface area contributed by atoms with Crippen LogP contribution in [0.1, 0.15) is 37.4 Å². The zero-order valence-corrected chi connectivity index (χ0v) is 16.1. The predicted octanol–water partition coefficient (Wildman–Crippen LogP) is 3.33. The van der Waals surface area contributed by atoms with Crippen molar-refractivity contribution < 1.29 is 14.1 Å². The molecule has 0 bridgehead atoms. The molecule has 1 aromatic carbocycles. The van der Waals surface area contributed by atoms with Gasteiger partial charge in [-0.1, -0.05) is 43.2 Å². The Kier molecular flexibility index (Phi) is 5.42. The van der Waals surface area contributed by atoms with Gasteiger partial charge in [0, 0.05) is 12.1 Å². The first-order valence-electron chi connectivity index (χ1n) is 8.37. The molecule has 24 heavy (non-hydrogen) atoms. The van der Waals surface area contributed by atoms with Gasteiger partial charge in [-0.3, -0.25) is 0 Å². The minimum atomic E-state index is -2.45. The van der Waals surface area contributed by atoms with Crippen LogP contribution in [0.25, 0.3) is 0 Å². The van der Waals surface area contributed by atoms with Crippen molar-refractivity contribution in [3.8, 4) is 0 Å². The van der Waals surface area contributed by atoms with Crippen LogP contribution in [-0.4, -0.2) is 48.6 Å². The molecule has 2 aliphatic rings. The summed E-state index contributed by atoms with van der Waals surface area (Å²) in [5.41, 5.74) is 0.783. The summed E-state index contributed by atoms with van der Waals surface area (Å²) in [4.78, 5) is 12.4. The number of esters is 1. The Morgan fingerprint density at radius 2 is 1.71 bits per heavy atom. The lowest BCUT2D eigenvalue weighted by Gasteiger charge is -2.33. The summed E-state index contributed by atoms with van der Waals surface area (Å²) in [7, 11) is 5.48. The summed E-state index contributed by atoms with van der Waals surface area (Å²) >= 11 is 6.00. The summed E-state index contributed by atoms with van der Waals surface area (Å²) in [6.07, 6.45) is 3.96. The molecule has 2 fully saturated rings. The Bertz CT molecular complexity index is 620. The van der Waals surface area contributed by atoms with Gasteiger partial charge >= 0.3 is 5.97 Å². The molecule has 5 nitrogen and oxygen atoms in total. The van der Waals surface area contributed by atoms with E-state index >= 15 is 0 Å². The minimum Gasteiger partial charge on any atom is -0.467 e. The van der Waals surface area contributed by atoms with Gasteiger partial charge in [-0.15, -0.1) is 0 Å². The highest BCUT2D eigenvalue weighted by atomic mass is 32.5. The van der Waals surface area contributed by atoms with Crippen molar-refractivity contribution in [2.45, 2.75) is 43.9 Å². The maximum absolute atomic E-state index is 12.4. The molecular weight excluding hydrogens is 343 g/mol. The fourth-order valence-corrected chi connectivity index (χ4v) is 7.32. The number of hydrogen-bond donors (Lipinski definition) is 0. The summed E-state index contributed by atoms with van der Waals surface area (Å²) in [6.45, 7) is -2.45. The summed E-state index contributed by atoms with van der Waals surface area (Å²) in [5, 5.41) is 0. The Labute approximate surface area is 149 Å². The third-order valence-corrected chi connectivity index (χ3v) is 9.69. The van der Waals surface area contributed by atoms with Gasteiger partial charge < -0.3 is 9.26 Å². The smallest absolute Gasteiger partial charge is 0.340 e. The van der Waals surface area contributed by atoms with E-state index in [1.165, 1.54) is 20.0 Å². The molecular formula is C17H25N2O3PS. The zero-order chi connectivity index (χ0) is 17.3. The van der Waals surface area contributed by atoms with Gasteiger partial charge in [-0.25, -0.2) is 14.1 Å². The van der Waals surface area contributed by atoms with E-state index in [1.54, 1.807) is 0 Å². The lowest BCUT2D eigenvalue weighted by molar-refractivity contribution is -0.149. The van der Waals surface area contributed by atoms with Gasteiger partial charge in [0.05, 0.1) is 7.11 Å². The highest BCUT2D eigenvalue weighted by Gasteiger charge is 2.51. The molecule has 132 valence electrons. The second kappa shape index (κ2) is 7.22. The Hall–Kier alpha value is -0.780. The van der Waals surface area contributed by atoms with Crippen molar-refractivity contribution in [1.82, 2.24) is 9.34 Å². The monoisotopic (exact) mass is 368 g/mol. The fourth-order valence-electron chi connectivity index (χ4n) is 3.82. The van der Waals surface area contributed by atoms with E-state index in [2.05, 4.69) is 9.34 Å². The lowest BCUT2D eigenvalue weighted by Crippen LogP contribution is -2.37. The number of ether oxygens (including phenoxy) is 1. The van der Waals surface area contributed by atoms with Crippen LogP contribution >= 0.6 is 6.57 Å². The molecule has 1 aliphatic heterocycles. The molecule has 1 saturated heterocycles. The molecule has 0 unspecified atom stereocenters. The van der Waals surface area contributed by atoms with Crippen LogP contribution in [0.2, 0.25) is 0 Å². The second-order valence-electron chi connectivity index (χ2n) is 6.48. The summed E-state index contributed by atoms with van der Waals surface area (Å²) in [5.74, 6) is -0.401. The minimum absolute atomic E-state index is 0.401. The maximum Gasteiger partial charge on any atom is 0.340 e. The number of hydrogen-bond acceptors (Lipinski definition) is 4. The lowest BCUT2D eigenvalue weighted by atomic mass is 9.91. The first-order chi connectivity index (χ1) is 11.5. The SMILES string of the molecule is COC(=O)[C@H](OP1(=S)N(C)[C@@H]2CCCC[C@H]2N1C)c1ccccc1. The van der Waals surface area contributed by atoms with Crippen LogP contribution in [0.15, 0.2) is 30.3 Å². The Morgan fingerprint density at radius 3 is 2.21 bits per heavy atom. The molecule has 0 radical (unpaired) electrons.